The second kappa shape index (κ2) is 3.44. The Bertz CT molecular complexity index is 432. The van der Waals surface area contributed by atoms with Crippen molar-refractivity contribution >= 4 is 27.3 Å². The van der Waals surface area contributed by atoms with E-state index in [1.807, 2.05) is 0 Å². The predicted molar refractivity (Wildman–Crippen MR) is 67.0 cm³/mol. The van der Waals surface area contributed by atoms with Crippen molar-refractivity contribution < 1.29 is 0 Å². The van der Waals surface area contributed by atoms with E-state index in [1.165, 1.54) is 40.7 Å². The van der Waals surface area contributed by atoms with Gasteiger partial charge in [0.1, 0.15) is 0 Å². The number of hydrogen-bond donors (Lipinski definition) is 0. The number of fused-ring (bicyclic) bond motifs is 1. The van der Waals surface area contributed by atoms with Crippen molar-refractivity contribution in [3.8, 4) is 0 Å². The van der Waals surface area contributed by atoms with Crippen LogP contribution in [0.15, 0.2) is 27.7 Å². The predicted octanol–water partition coefficient (Wildman–Crippen LogP) is 4.44. The maximum atomic E-state index is 4.65. The van der Waals surface area contributed by atoms with E-state index in [0.29, 0.717) is 5.92 Å². The van der Waals surface area contributed by atoms with Gasteiger partial charge in [-0.3, -0.25) is 4.99 Å². The van der Waals surface area contributed by atoms with E-state index in [2.05, 4.69) is 46.0 Å². The number of hydrogen-bond acceptors (Lipinski definition) is 1. The summed E-state index contributed by atoms with van der Waals surface area (Å²) in [5.41, 5.74) is 3.91. The Labute approximate surface area is 98.7 Å². The van der Waals surface area contributed by atoms with Crippen LogP contribution < -0.4 is 0 Å². The zero-order valence-corrected chi connectivity index (χ0v) is 10.4. The van der Waals surface area contributed by atoms with Crippen LogP contribution in [0.4, 0.5) is 5.69 Å². The molecule has 1 fully saturated rings. The fourth-order valence-electron chi connectivity index (χ4n) is 2.38. The van der Waals surface area contributed by atoms with Crippen molar-refractivity contribution in [1.29, 1.82) is 0 Å². The molecular formula is C13H14BrN. The minimum atomic E-state index is 0.588. The second-order valence-electron chi connectivity index (χ2n) is 4.69. The summed E-state index contributed by atoms with van der Waals surface area (Å²) in [6.45, 7) is 2.17. The number of aliphatic imine (C=N–C) groups is 1. The van der Waals surface area contributed by atoms with Gasteiger partial charge in [0, 0.05) is 16.1 Å². The highest BCUT2D eigenvalue weighted by molar-refractivity contribution is 9.10. The summed E-state index contributed by atoms with van der Waals surface area (Å²) in [5, 5.41) is 0. The average molecular weight is 264 g/mol. The molecule has 78 valence electrons. The lowest BCUT2D eigenvalue weighted by Gasteiger charge is -2.11. The lowest BCUT2D eigenvalue weighted by molar-refractivity contribution is 0.692. The summed E-state index contributed by atoms with van der Waals surface area (Å²) < 4.78 is 1.17. The summed E-state index contributed by atoms with van der Waals surface area (Å²) in [7, 11) is 0. The number of rotatable bonds is 2. The first-order chi connectivity index (χ1) is 7.24. The van der Waals surface area contributed by atoms with Gasteiger partial charge in [-0.1, -0.05) is 28.8 Å². The molecule has 2 aliphatic rings. The van der Waals surface area contributed by atoms with E-state index in [9.17, 15) is 0 Å². The molecule has 2 heteroatoms. The zero-order valence-electron chi connectivity index (χ0n) is 8.83. The maximum Gasteiger partial charge on any atom is 0.0668 e. The van der Waals surface area contributed by atoms with Gasteiger partial charge in [0.05, 0.1) is 5.69 Å². The first-order valence-corrected chi connectivity index (χ1v) is 6.38. The summed E-state index contributed by atoms with van der Waals surface area (Å²) in [4.78, 5) is 4.65. The molecule has 3 rings (SSSR count). The lowest BCUT2D eigenvalue weighted by atomic mass is 9.91. The molecule has 1 heterocycles. The second-order valence-corrected chi connectivity index (χ2v) is 5.60. The van der Waals surface area contributed by atoms with Crippen LogP contribution in [0.2, 0.25) is 0 Å². The van der Waals surface area contributed by atoms with Gasteiger partial charge in [0.25, 0.3) is 0 Å². The van der Waals surface area contributed by atoms with Crippen molar-refractivity contribution in [3.63, 3.8) is 0 Å². The molecule has 15 heavy (non-hydrogen) atoms. The maximum absolute atomic E-state index is 4.65. The van der Waals surface area contributed by atoms with Crippen molar-refractivity contribution in [2.75, 3.05) is 0 Å². The third-order valence-corrected chi connectivity index (χ3v) is 3.93. The summed E-state index contributed by atoms with van der Waals surface area (Å²) in [6, 6.07) is 6.44. The normalized spacial score (nSPS) is 23.9. The quantitative estimate of drug-likeness (QED) is 0.748. The topological polar surface area (TPSA) is 12.4 Å². The molecule has 0 N–H and O–H groups in total. The summed E-state index contributed by atoms with van der Waals surface area (Å²) in [5.74, 6) is 1.55. The minimum absolute atomic E-state index is 0.588. The molecule has 1 aliphatic carbocycles. The van der Waals surface area contributed by atoms with Crippen molar-refractivity contribution in [2.24, 2.45) is 10.9 Å². The number of benzene rings is 1. The molecule has 1 saturated carbocycles. The Hall–Kier alpha value is -0.630. The van der Waals surface area contributed by atoms with E-state index in [4.69, 9.17) is 0 Å². The molecule has 1 aromatic rings. The molecule has 0 spiro atoms. The molecule has 1 aromatic carbocycles. The standard InChI is InChI=1S/C13H14BrN/c1-8-11(6-9-2-3-9)12-7-10(14)4-5-13(12)15-8/h4-5,7,9,11H,2-3,6H2,1H3. The fourth-order valence-corrected chi connectivity index (χ4v) is 2.76. The SMILES string of the molecule is CC1=Nc2ccc(Br)cc2C1CC1CC1. The Kier molecular flexibility index (Phi) is 2.20. The third kappa shape index (κ3) is 1.76. The van der Waals surface area contributed by atoms with Gasteiger partial charge < -0.3 is 0 Å². The molecule has 0 aromatic heterocycles. The number of nitrogens with zero attached hydrogens (tertiary/aromatic N) is 1. The summed E-state index contributed by atoms with van der Waals surface area (Å²) >= 11 is 3.54. The van der Waals surface area contributed by atoms with E-state index in [0.717, 1.165) is 5.92 Å². The first-order valence-electron chi connectivity index (χ1n) is 5.58. The molecule has 0 radical (unpaired) electrons. The van der Waals surface area contributed by atoms with Gasteiger partial charge in [0.2, 0.25) is 0 Å². The first kappa shape index (κ1) is 9.59. The monoisotopic (exact) mass is 263 g/mol. The van der Waals surface area contributed by atoms with Gasteiger partial charge in [-0.25, -0.2) is 0 Å². The number of halogens is 1. The smallest absolute Gasteiger partial charge is 0.0668 e. The Morgan fingerprint density at radius 3 is 2.93 bits per heavy atom. The third-order valence-electron chi connectivity index (χ3n) is 3.43. The Morgan fingerprint density at radius 1 is 1.40 bits per heavy atom. The van der Waals surface area contributed by atoms with Crippen LogP contribution in [0.3, 0.4) is 0 Å². The van der Waals surface area contributed by atoms with Gasteiger partial charge in [-0.2, -0.15) is 0 Å². The van der Waals surface area contributed by atoms with E-state index in [-0.39, 0.29) is 0 Å². The van der Waals surface area contributed by atoms with E-state index >= 15 is 0 Å². The molecule has 0 amide bonds. The minimum Gasteiger partial charge on any atom is -0.257 e. The molecule has 1 aliphatic heterocycles. The fraction of sp³-hybridized carbons (Fsp3) is 0.462. The van der Waals surface area contributed by atoms with Gasteiger partial charge >= 0.3 is 0 Å². The van der Waals surface area contributed by atoms with Crippen LogP contribution >= 0.6 is 15.9 Å². The van der Waals surface area contributed by atoms with Gasteiger partial charge in [0.15, 0.2) is 0 Å². The molecule has 1 atom stereocenters. The van der Waals surface area contributed by atoms with Crippen LogP contribution in [-0.2, 0) is 0 Å². The van der Waals surface area contributed by atoms with Crippen LogP contribution in [-0.4, -0.2) is 5.71 Å². The van der Waals surface area contributed by atoms with Gasteiger partial charge in [-0.15, -0.1) is 0 Å². The van der Waals surface area contributed by atoms with Crippen molar-refractivity contribution in [2.45, 2.75) is 32.1 Å². The van der Waals surface area contributed by atoms with Gasteiger partial charge in [-0.05, 0) is 43.0 Å². The Balaban J connectivity index is 1.96. The average Bonchev–Trinajstić information content (AvgIpc) is 2.96. The largest absolute Gasteiger partial charge is 0.257 e. The molecule has 1 unspecified atom stereocenters. The molecule has 0 saturated heterocycles. The highest BCUT2D eigenvalue weighted by Crippen LogP contribution is 2.45. The van der Waals surface area contributed by atoms with E-state index in [1.54, 1.807) is 0 Å². The van der Waals surface area contributed by atoms with Crippen LogP contribution in [0.1, 0.15) is 37.7 Å². The van der Waals surface area contributed by atoms with Crippen LogP contribution in [0.25, 0.3) is 0 Å². The summed E-state index contributed by atoms with van der Waals surface area (Å²) in [6.07, 6.45) is 4.15. The van der Waals surface area contributed by atoms with E-state index < -0.39 is 0 Å². The van der Waals surface area contributed by atoms with Crippen LogP contribution in [0, 0.1) is 5.92 Å². The highest BCUT2D eigenvalue weighted by atomic mass is 79.9. The molecular weight excluding hydrogens is 250 g/mol. The lowest BCUT2D eigenvalue weighted by Crippen LogP contribution is -2.05. The molecule has 0 bridgehead atoms. The van der Waals surface area contributed by atoms with Crippen LogP contribution in [0.5, 0.6) is 0 Å². The van der Waals surface area contributed by atoms with Crippen molar-refractivity contribution in [3.05, 3.63) is 28.2 Å². The van der Waals surface area contributed by atoms with Crippen molar-refractivity contribution in [1.82, 2.24) is 0 Å². The highest BCUT2D eigenvalue weighted by Gasteiger charge is 2.31. The zero-order chi connectivity index (χ0) is 10.4. The Morgan fingerprint density at radius 2 is 2.20 bits per heavy atom. The molecule has 1 nitrogen and oxygen atoms in total.